The molecule has 118 valence electrons. The molecule has 1 atom stereocenters. The number of hydrogen-bond donors (Lipinski definition) is 1. The number of aliphatic hydroxyl groups is 1. The van der Waals surface area contributed by atoms with E-state index in [4.69, 9.17) is 16.3 Å². The molecule has 0 amide bonds. The second-order valence-corrected chi connectivity index (χ2v) is 7.19. The number of aliphatic hydroxyl groups excluding tert-OH is 1. The number of halogens is 2. The van der Waals surface area contributed by atoms with Crippen LogP contribution in [0.25, 0.3) is 0 Å². The van der Waals surface area contributed by atoms with E-state index in [1.165, 1.54) is 12.8 Å². The molecule has 0 bridgehead atoms. The summed E-state index contributed by atoms with van der Waals surface area (Å²) in [7, 11) is 0. The van der Waals surface area contributed by atoms with Gasteiger partial charge in [0.25, 0.3) is 0 Å². The summed E-state index contributed by atoms with van der Waals surface area (Å²) in [6.07, 6.45) is 6.66. The van der Waals surface area contributed by atoms with Gasteiger partial charge in [-0.05, 0) is 37.5 Å². The lowest BCUT2D eigenvalue weighted by Crippen LogP contribution is -2.46. The lowest BCUT2D eigenvalue weighted by atomic mass is 9.84. The Bertz CT molecular complexity index is 456. The van der Waals surface area contributed by atoms with Gasteiger partial charge in [0.15, 0.2) is 0 Å². The van der Waals surface area contributed by atoms with Gasteiger partial charge in [0.05, 0.1) is 11.7 Å². The number of benzene rings is 1. The van der Waals surface area contributed by atoms with Crippen LogP contribution in [0.1, 0.15) is 51.0 Å². The molecule has 21 heavy (non-hydrogen) atoms. The predicted octanol–water partition coefficient (Wildman–Crippen LogP) is 5.14. The molecule has 1 unspecified atom stereocenters. The van der Waals surface area contributed by atoms with Crippen molar-refractivity contribution in [2.24, 2.45) is 0 Å². The van der Waals surface area contributed by atoms with Crippen molar-refractivity contribution < 1.29 is 9.84 Å². The molecule has 1 aliphatic rings. The first-order valence-corrected chi connectivity index (χ1v) is 9.00. The average molecular weight is 376 g/mol. The Morgan fingerprint density at radius 2 is 1.95 bits per heavy atom. The van der Waals surface area contributed by atoms with Crippen molar-refractivity contribution in [2.75, 3.05) is 6.61 Å². The molecular formula is C17H24BrClO2. The Kier molecular flexibility index (Phi) is 6.54. The molecule has 1 N–H and O–H groups in total. The zero-order valence-electron chi connectivity index (χ0n) is 12.6. The van der Waals surface area contributed by atoms with Crippen LogP contribution in [-0.2, 0) is 11.2 Å². The molecule has 0 aliphatic heterocycles. The van der Waals surface area contributed by atoms with E-state index in [1.807, 2.05) is 25.1 Å². The fourth-order valence-electron chi connectivity index (χ4n) is 3.27. The minimum atomic E-state index is -0.505. The molecule has 4 heteroatoms. The predicted molar refractivity (Wildman–Crippen MR) is 90.9 cm³/mol. The lowest BCUT2D eigenvalue weighted by Gasteiger charge is -2.37. The maximum atomic E-state index is 10.8. The minimum absolute atomic E-state index is 0.401. The van der Waals surface area contributed by atoms with Crippen molar-refractivity contribution in [3.05, 3.63) is 33.3 Å². The van der Waals surface area contributed by atoms with Gasteiger partial charge in [-0.1, -0.05) is 59.3 Å². The highest BCUT2D eigenvalue weighted by molar-refractivity contribution is 9.10. The Labute approximate surface area is 141 Å². The van der Waals surface area contributed by atoms with Crippen LogP contribution in [0.15, 0.2) is 22.7 Å². The zero-order valence-corrected chi connectivity index (χ0v) is 14.9. The number of ether oxygens (including phenoxy) is 1. The van der Waals surface area contributed by atoms with Gasteiger partial charge < -0.3 is 9.84 Å². The van der Waals surface area contributed by atoms with E-state index in [2.05, 4.69) is 15.9 Å². The first kappa shape index (κ1) is 17.3. The van der Waals surface area contributed by atoms with Crippen LogP contribution in [0.2, 0.25) is 5.02 Å². The standard InChI is InChI=1S/C17H24BrClO2/c1-2-21-17(9-5-3-4-6-10-17)16(20)11-13-7-8-14(18)12-15(13)19/h7-8,12,16,20H,2-6,9-11H2,1H3. The van der Waals surface area contributed by atoms with Gasteiger partial charge in [0.2, 0.25) is 0 Å². The average Bonchev–Trinajstić information content (AvgIpc) is 2.69. The Balaban J connectivity index is 2.15. The molecule has 1 aliphatic carbocycles. The van der Waals surface area contributed by atoms with Gasteiger partial charge in [-0.15, -0.1) is 0 Å². The second-order valence-electron chi connectivity index (χ2n) is 5.87. The van der Waals surface area contributed by atoms with E-state index in [9.17, 15) is 5.11 Å². The molecule has 1 aromatic rings. The maximum Gasteiger partial charge on any atom is 0.0943 e. The molecule has 0 aromatic heterocycles. The molecule has 0 spiro atoms. The van der Waals surface area contributed by atoms with Gasteiger partial charge >= 0.3 is 0 Å². The highest BCUT2D eigenvalue weighted by atomic mass is 79.9. The summed E-state index contributed by atoms with van der Waals surface area (Å²) in [6.45, 7) is 2.65. The van der Waals surface area contributed by atoms with Crippen molar-refractivity contribution in [1.82, 2.24) is 0 Å². The summed E-state index contributed by atoms with van der Waals surface area (Å²) in [5.74, 6) is 0. The van der Waals surface area contributed by atoms with E-state index in [-0.39, 0.29) is 0 Å². The van der Waals surface area contributed by atoms with Crippen molar-refractivity contribution >= 4 is 27.5 Å². The van der Waals surface area contributed by atoms with Gasteiger partial charge in [0.1, 0.15) is 0 Å². The van der Waals surface area contributed by atoms with Crippen LogP contribution >= 0.6 is 27.5 Å². The third-order valence-corrected chi connectivity index (χ3v) is 5.26. The van der Waals surface area contributed by atoms with Crippen molar-refractivity contribution in [3.8, 4) is 0 Å². The van der Waals surface area contributed by atoms with Crippen LogP contribution in [0, 0.1) is 0 Å². The summed E-state index contributed by atoms with van der Waals surface area (Å²) in [6, 6.07) is 5.82. The molecular weight excluding hydrogens is 352 g/mol. The molecule has 0 saturated heterocycles. The molecule has 0 radical (unpaired) electrons. The summed E-state index contributed by atoms with van der Waals surface area (Å²) in [5.41, 5.74) is 0.581. The van der Waals surface area contributed by atoms with Crippen molar-refractivity contribution in [3.63, 3.8) is 0 Å². The zero-order chi connectivity index (χ0) is 15.3. The lowest BCUT2D eigenvalue weighted by molar-refractivity contribution is -0.128. The van der Waals surface area contributed by atoms with E-state index in [0.717, 1.165) is 35.7 Å². The van der Waals surface area contributed by atoms with E-state index >= 15 is 0 Å². The Morgan fingerprint density at radius 3 is 2.52 bits per heavy atom. The summed E-state index contributed by atoms with van der Waals surface area (Å²) >= 11 is 9.70. The molecule has 1 saturated carbocycles. The van der Waals surface area contributed by atoms with Crippen molar-refractivity contribution in [2.45, 2.75) is 63.6 Å². The van der Waals surface area contributed by atoms with Crippen LogP contribution in [0.3, 0.4) is 0 Å². The third-order valence-electron chi connectivity index (χ3n) is 4.42. The fourth-order valence-corrected chi connectivity index (χ4v) is 4.02. The Hall–Kier alpha value is -0.0900. The fraction of sp³-hybridized carbons (Fsp3) is 0.647. The van der Waals surface area contributed by atoms with Crippen LogP contribution in [-0.4, -0.2) is 23.4 Å². The minimum Gasteiger partial charge on any atom is -0.390 e. The van der Waals surface area contributed by atoms with Gasteiger partial charge in [-0.3, -0.25) is 0 Å². The highest BCUT2D eigenvalue weighted by Crippen LogP contribution is 2.35. The monoisotopic (exact) mass is 374 g/mol. The highest BCUT2D eigenvalue weighted by Gasteiger charge is 2.39. The SMILES string of the molecule is CCOC1(C(O)Cc2ccc(Br)cc2Cl)CCCCCC1. The third kappa shape index (κ3) is 4.44. The quantitative estimate of drug-likeness (QED) is 0.722. The van der Waals surface area contributed by atoms with Crippen LogP contribution in [0.4, 0.5) is 0 Å². The largest absolute Gasteiger partial charge is 0.390 e. The normalized spacial score (nSPS) is 20.0. The first-order chi connectivity index (χ1) is 10.1. The summed E-state index contributed by atoms with van der Waals surface area (Å²) in [5, 5.41) is 11.5. The van der Waals surface area contributed by atoms with E-state index in [0.29, 0.717) is 18.1 Å². The van der Waals surface area contributed by atoms with Gasteiger partial charge in [-0.25, -0.2) is 0 Å². The topological polar surface area (TPSA) is 29.5 Å². The Morgan fingerprint density at radius 1 is 1.29 bits per heavy atom. The molecule has 1 fully saturated rings. The van der Waals surface area contributed by atoms with E-state index in [1.54, 1.807) is 0 Å². The van der Waals surface area contributed by atoms with Crippen molar-refractivity contribution in [1.29, 1.82) is 0 Å². The number of hydrogen-bond acceptors (Lipinski definition) is 2. The molecule has 1 aromatic carbocycles. The van der Waals surface area contributed by atoms with Gasteiger partial charge in [0, 0.05) is 22.5 Å². The van der Waals surface area contributed by atoms with E-state index < -0.39 is 11.7 Å². The molecule has 2 nitrogen and oxygen atoms in total. The van der Waals surface area contributed by atoms with Gasteiger partial charge in [-0.2, -0.15) is 0 Å². The summed E-state index contributed by atoms with van der Waals surface area (Å²) in [4.78, 5) is 0. The number of rotatable bonds is 5. The second kappa shape index (κ2) is 7.96. The first-order valence-electron chi connectivity index (χ1n) is 7.83. The smallest absolute Gasteiger partial charge is 0.0943 e. The summed E-state index contributed by atoms with van der Waals surface area (Å²) < 4.78 is 7.00. The van der Waals surface area contributed by atoms with Crippen LogP contribution < -0.4 is 0 Å². The van der Waals surface area contributed by atoms with Crippen LogP contribution in [0.5, 0.6) is 0 Å². The maximum absolute atomic E-state index is 10.8. The molecule has 2 rings (SSSR count). The molecule has 0 heterocycles.